The van der Waals surface area contributed by atoms with E-state index < -0.39 is 124 Å². The van der Waals surface area contributed by atoms with Crippen LogP contribution in [0.15, 0.2) is 12.2 Å². The molecule has 0 radical (unpaired) electrons. The van der Waals surface area contributed by atoms with Crippen LogP contribution in [0, 0.1) is 0 Å². The molecule has 103 heavy (non-hydrogen) atoms. The molecule has 17 atom stereocenters. The highest BCUT2D eigenvalue weighted by Gasteiger charge is 2.54. The van der Waals surface area contributed by atoms with Crippen molar-refractivity contribution in [2.75, 3.05) is 26.4 Å². The molecule has 0 bridgehead atoms. The Kier molecular flexibility index (Phi) is 60.7. The predicted molar refractivity (Wildman–Crippen MR) is 411 cm³/mol. The molecule has 3 rings (SSSR count). The van der Waals surface area contributed by atoms with Gasteiger partial charge in [-0.05, 0) is 38.5 Å². The summed E-state index contributed by atoms with van der Waals surface area (Å²) in [6, 6.07) is -0.886. The second-order valence-corrected chi connectivity index (χ2v) is 31.4. The van der Waals surface area contributed by atoms with Crippen molar-refractivity contribution in [2.45, 2.75) is 491 Å². The molecule has 3 aliphatic rings. The van der Waals surface area contributed by atoms with Gasteiger partial charge in [-0.15, -0.1) is 0 Å². The molecule has 0 spiro atoms. The van der Waals surface area contributed by atoms with Crippen LogP contribution in [0.5, 0.6) is 0 Å². The maximum absolute atomic E-state index is 13.5. The van der Waals surface area contributed by atoms with Gasteiger partial charge in [0.15, 0.2) is 18.9 Å². The van der Waals surface area contributed by atoms with Crippen molar-refractivity contribution in [3.63, 3.8) is 0 Å². The Morgan fingerprint density at radius 2 is 0.612 bits per heavy atom. The van der Waals surface area contributed by atoms with Gasteiger partial charge in [0, 0.05) is 6.42 Å². The molecule has 0 aromatic carbocycles. The summed E-state index contributed by atoms with van der Waals surface area (Å²) in [6.07, 6.45) is 51.7. The van der Waals surface area contributed by atoms with Gasteiger partial charge in [0.2, 0.25) is 5.91 Å². The van der Waals surface area contributed by atoms with Crippen molar-refractivity contribution in [2.24, 2.45) is 0 Å². The molecule has 610 valence electrons. The summed E-state index contributed by atoms with van der Waals surface area (Å²) < 4.78 is 34.6. The van der Waals surface area contributed by atoms with Gasteiger partial charge in [-0.2, -0.15) is 0 Å². The molecule has 1 amide bonds. The van der Waals surface area contributed by atoms with Crippen molar-refractivity contribution in [1.82, 2.24) is 5.32 Å². The fourth-order valence-corrected chi connectivity index (χ4v) is 15.1. The summed E-state index contributed by atoms with van der Waals surface area (Å²) in [5, 5.41) is 121. The molecule has 12 N–H and O–H groups in total. The Hall–Kier alpha value is -1.47. The van der Waals surface area contributed by atoms with Gasteiger partial charge in [0.25, 0.3) is 0 Å². The number of carbonyl (C=O) groups excluding carboxylic acids is 1. The summed E-state index contributed by atoms with van der Waals surface area (Å²) >= 11 is 0. The number of rotatable bonds is 71. The highest BCUT2D eigenvalue weighted by atomic mass is 16.8. The Morgan fingerprint density at radius 1 is 0.340 bits per heavy atom. The number of hydrogen-bond acceptors (Lipinski definition) is 18. The Morgan fingerprint density at radius 3 is 0.942 bits per heavy atom. The number of allylic oxidation sites excluding steroid dienone is 2. The summed E-state index contributed by atoms with van der Waals surface area (Å²) in [4.78, 5) is 13.5. The lowest BCUT2D eigenvalue weighted by Crippen LogP contribution is -2.66. The van der Waals surface area contributed by atoms with E-state index in [0.29, 0.717) is 12.8 Å². The molecular formula is C84H161NO18. The van der Waals surface area contributed by atoms with E-state index in [0.717, 1.165) is 44.9 Å². The molecule has 19 nitrogen and oxygen atoms in total. The summed E-state index contributed by atoms with van der Waals surface area (Å²) in [5.41, 5.74) is 0. The van der Waals surface area contributed by atoms with Gasteiger partial charge in [0.1, 0.15) is 73.2 Å². The molecule has 0 aromatic rings. The van der Waals surface area contributed by atoms with E-state index in [1.165, 1.54) is 308 Å². The summed E-state index contributed by atoms with van der Waals surface area (Å²) in [7, 11) is 0. The third kappa shape index (κ3) is 44.8. The minimum atomic E-state index is -1.97. The van der Waals surface area contributed by atoms with Crippen molar-refractivity contribution in [1.29, 1.82) is 0 Å². The van der Waals surface area contributed by atoms with E-state index in [4.69, 9.17) is 28.4 Å². The number of ether oxygens (including phenoxy) is 6. The van der Waals surface area contributed by atoms with Crippen LogP contribution in [0.2, 0.25) is 0 Å². The van der Waals surface area contributed by atoms with Crippen LogP contribution in [0.25, 0.3) is 0 Å². The summed E-state index contributed by atoms with van der Waals surface area (Å²) in [6.45, 7) is 1.88. The highest BCUT2D eigenvalue weighted by molar-refractivity contribution is 5.76. The molecule has 3 saturated heterocycles. The van der Waals surface area contributed by atoms with Crippen LogP contribution in [-0.2, 0) is 33.2 Å². The second kappa shape index (κ2) is 65.3. The topological polar surface area (TPSA) is 307 Å². The first kappa shape index (κ1) is 95.7. The first-order valence-electron chi connectivity index (χ1n) is 43.4. The molecule has 19 heteroatoms. The average molecular weight is 1470 g/mol. The third-order valence-electron chi connectivity index (χ3n) is 22.1. The lowest BCUT2D eigenvalue weighted by molar-refractivity contribution is -0.379. The van der Waals surface area contributed by atoms with Crippen LogP contribution in [0.3, 0.4) is 0 Å². The number of unbranched alkanes of at least 4 members (excludes halogenated alkanes) is 53. The minimum Gasteiger partial charge on any atom is -0.394 e. The molecule has 3 aliphatic heterocycles. The first-order valence-corrected chi connectivity index (χ1v) is 43.4. The third-order valence-corrected chi connectivity index (χ3v) is 22.1. The fourth-order valence-electron chi connectivity index (χ4n) is 15.1. The van der Waals surface area contributed by atoms with Crippen LogP contribution in [0.4, 0.5) is 0 Å². The number of nitrogens with one attached hydrogen (secondary N) is 1. The molecule has 3 heterocycles. The molecule has 3 fully saturated rings. The van der Waals surface area contributed by atoms with Crippen LogP contribution >= 0.6 is 0 Å². The Balaban J connectivity index is 1.34. The van der Waals surface area contributed by atoms with E-state index >= 15 is 0 Å². The normalized spacial score (nSPS) is 26.0. The van der Waals surface area contributed by atoms with Crippen molar-refractivity contribution in [3.8, 4) is 0 Å². The van der Waals surface area contributed by atoms with Crippen molar-refractivity contribution >= 4 is 5.91 Å². The van der Waals surface area contributed by atoms with Crippen molar-refractivity contribution in [3.05, 3.63) is 12.2 Å². The lowest BCUT2D eigenvalue weighted by atomic mass is 9.96. The minimum absolute atomic E-state index is 0.233. The van der Waals surface area contributed by atoms with E-state index in [-0.39, 0.29) is 18.9 Å². The zero-order valence-electron chi connectivity index (χ0n) is 65.6. The highest BCUT2D eigenvalue weighted by Crippen LogP contribution is 2.34. The number of amides is 1. The van der Waals surface area contributed by atoms with E-state index in [1.807, 2.05) is 0 Å². The predicted octanol–water partition coefficient (Wildman–Crippen LogP) is 15.5. The van der Waals surface area contributed by atoms with Crippen LogP contribution < -0.4 is 5.32 Å². The number of hydrogen-bond donors (Lipinski definition) is 12. The van der Waals surface area contributed by atoms with Gasteiger partial charge < -0.3 is 89.9 Å². The molecule has 0 aromatic heterocycles. The Bertz CT molecular complexity index is 1910. The Labute approximate surface area is 626 Å². The zero-order valence-corrected chi connectivity index (χ0v) is 65.6. The molecule has 17 unspecified atom stereocenters. The maximum Gasteiger partial charge on any atom is 0.220 e. The zero-order chi connectivity index (χ0) is 74.6. The van der Waals surface area contributed by atoms with Crippen LogP contribution in [-0.4, -0.2) is 193 Å². The van der Waals surface area contributed by atoms with E-state index in [2.05, 4.69) is 31.3 Å². The SMILES string of the molecule is CCCCCCCCCC/C=C\CCCCCCCCCCCCCCCCCCCCCC(=O)NC(COC1OC(CO)C(OC2OC(CO)C(OC3OC(CO)C(O)C(O)C3O)C(O)C2O)C(O)C1O)C(O)CCCCCCCCCCCCCCCCCCCCCCCCCCCCC. The van der Waals surface area contributed by atoms with Gasteiger partial charge in [-0.1, -0.05) is 353 Å². The van der Waals surface area contributed by atoms with Gasteiger partial charge in [-0.3, -0.25) is 4.79 Å². The fraction of sp³-hybridized carbons (Fsp3) is 0.964. The van der Waals surface area contributed by atoms with E-state index in [9.17, 15) is 61.0 Å². The monoisotopic (exact) mass is 1470 g/mol. The number of aliphatic hydroxyl groups excluding tert-OH is 11. The lowest BCUT2D eigenvalue weighted by Gasteiger charge is -2.48. The van der Waals surface area contributed by atoms with Gasteiger partial charge >= 0.3 is 0 Å². The number of aliphatic hydroxyl groups is 11. The molecular weight excluding hydrogens is 1310 g/mol. The van der Waals surface area contributed by atoms with Gasteiger partial charge in [0.05, 0.1) is 38.6 Å². The number of carbonyl (C=O) groups is 1. The molecule has 0 aliphatic carbocycles. The van der Waals surface area contributed by atoms with Crippen LogP contribution in [0.1, 0.15) is 386 Å². The second-order valence-electron chi connectivity index (χ2n) is 31.4. The first-order chi connectivity index (χ1) is 50.3. The summed E-state index contributed by atoms with van der Waals surface area (Å²) in [5.74, 6) is -0.233. The van der Waals surface area contributed by atoms with Gasteiger partial charge in [-0.25, -0.2) is 0 Å². The largest absolute Gasteiger partial charge is 0.394 e. The quantitative estimate of drug-likeness (QED) is 0.0199. The average Bonchev–Trinajstić information content (AvgIpc) is 0.781. The van der Waals surface area contributed by atoms with Crippen molar-refractivity contribution < 1.29 is 89.4 Å². The van der Waals surface area contributed by atoms with E-state index in [1.54, 1.807) is 0 Å². The molecule has 0 saturated carbocycles. The smallest absolute Gasteiger partial charge is 0.220 e. The standard InChI is InChI=1S/C84H161NO18/c1-3-5-7-9-11-13-15-17-19-21-23-25-27-29-31-32-33-34-36-38-40-42-44-46-48-50-52-54-56-58-60-62-72(90)85-67(68(89)61-59-57-55-53-51-49-47-45-43-41-39-37-35-30-28-26-24-22-20-18-16-14-12-10-8-6-4-2)66-98-82-78(96)75(93)80(70(64-87)100-82)103-84-79(97)76(94)81(71(65-88)101-84)102-83-77(95)74(92)73(91)69(63-86)99-83/h21,23,67-71,73-84,86-89,91-97H,3-20,22,24-66H2,1-2H3,(H,85,90)/b23-21-. The maximum atomic E-state index is 13.5.